The van der Waals surface area contributed by atoms with Gasteiger partial charge in [-0.1, -0.05) is 44.2 Å². The number of piperidine rings is 1. The van der Waals surface area contributed by atoms with Crippen LogP contribution >= 0.6 is 0 Å². The molecule has 3 rings (SSSR count). The maximum absolute atomic E-state index is 12.6. The zero-order chi connectivity index (χ0) is 17.6. The lowest BCUT2D eigenvalue weighted by Gasteiger charge is -2.38. The molecule has 0 saturated carbocycles. The van der Waals surface area contributed by atoms with E-state index >= 15 is 0 Å². The highest BCUT2D eigenvalue weighted by atomic mass is 16.2. The summed E-state index contributed by atoms with van der Waals surface area (Å²) in [6.07, 6.45) is 4.78. The second kappa shape index (κ2) is 8.23. The summed E-state index contributed by atoms with van der Waals surface area (Å²) in [6, 6.07) is 10.2. The number of aryl methyl sites for hydroxylation is 1. The smallest absolute Gasteiger partial charge is 0.222 e. The molecule has 1 atom stereocenters. The number of hydrogen-bond acceptors (Lipinski definition) is 4. The highest BCUT2D eigenvalue weighted by Crippen LogP contribution is 2.24. The van der Waals surface area contributed by atoms with Gasteiger partial charge in [0, 0.05) is 24.6 Å². The molecule has 1 aromatic carbocycles. The summed E-state index contributed by atoms with van der Waals surface area (Å²) in [7, 11) is 0. The molecule has 1 fully saturated rings. The van der Waals surface area contributed by atoms with Gasteiger partial charge in [0.25, 0.3) is 0 Å². The van der Waals surface area contributed by atoms with E-state index in [2.05, 4.69) is 34.2 Å². The van der Waals surface area contributed by atoms with Crippen molar-refractivity contribution in [3.63, 3.8) is 0 Å². The Morgan fingerprint density at radius 1 is 1.24 bits per heavy atom. The molecule has 6 heteroatoms. The van der Waals surface area contributed by atoms with E-state index in [4.69, 9.17) is 0 Å². The van der Waals surface area contributed by atoms with Gasteiger partial charge in [0.1, 0.15) is 0 Å². The first-order valence-electron chi connectivity index (χ1n) is 9.28. The van der Waals surface area contributed by atoms with Crippen molar-refractivity contribution >= 4 is 5.91 Å². The number of benzene rings is 1. The number of rotatable bonds is 6. The molecule has 0 radical (unpaired) electrons. The van der Waals surface area contributed by atoms with E-state index in [-0.39, 0.29) is 5.91 Å². The molecule has 2 aromatic rings. The lowest BCUT2D eigenvalue weighted by atomic mass is 9.92. The maximum atomic E-state index is 12.6. The topological polar surface area (TPSA) is 63.9 Å². The molecule has 1 saturated heterocycles. The van der Waals surface area contributed by atoms with Gasteiger partial charge in [-0.3, -0.25) is 4.79 Å². The summed E-state index contributed by atoms with van der Waals surface area (Å²) in [4.78, 5) is 16.3. The Kier molecular flexibility index (Phi) is 5.79. The summed E-state index contributed by atoms with van der Waals surface area (Å²) in [5.74, 6) is 1.42. The molecule has 134 valence electrons. The molecule has 6 nitrogen and oxygen atoms in total. The van der Waals surface area contributed by atoms with Crippen LogP contribution in [-0.2, 0) is 11.3 Å². The maximum Gasteiger partial charge on any atom is 0.222 e. The van der Waals surface area contributed by atoms with Gasteiger partial charge in [0.05, 0.1) is 6.54 Å². The summed E-state index contributed by atoms with van der Waals surface area (Å²) in [5.41, 5.74) is 0.956. The molecule has 1 amide bonds. The first-order valence-corrected chi connectivity index (χ1v) is 9.28. The minimum absolute atomic E-state index is 0.266. The highest BCUT2D eigenvalue weighted by Gasteiger charge is 2.28. The molecule has 0 N–H and O–H groups in total. The van der Waals surface area contributed by atoms with Crippen LogP contribution in [0.5, 0.6) is 0 Å². The van der Waals surface area contributed by atoms with E-state index in [0.29, 0.717) is 30.7 Å². The number of likely N-dealkylation sites (tertiary alicyclic amines) is 1. The van der Waals surface area contributed by atoms with E-state index in [9.17, 15) is 4.79 Å². The van der Waals surface area contributed by atoms with Crippen LogP contribution < -0.4 is 0 Å². The van der Waals surface area contributed by atoms with Gasteiger partial charge >= 0.3 is 0 Å². The van der Waals surface area contributed by atoms with Crippen molar-refractivity contribution < 1.29 is 4.79 Å². The number of amides is 1. The second-order valence-corrected chi connectivity index (χ2v) is 7.07. The summed E-state index contributed by atoms with van der Waals surface area (Å²) in [6.45, 7) is 5.94. The van der Waals surface area contributed by atoms with Crippen molar-refractivity contribution in [2.75, 3.05) is 6.54 Å². The minimum atomic E-state index is 0.266. The van der Waals surface area contributed by atoms with E-state index < -0.39 is 0 Å². The number of carbonyl (C=O) groups excluding carboxylic acids is 1. The van der Waals surface area contributed by atoms with Crippen molar-refractivity contribution in [2.24, 2.45) is 5.92 Å². The Balaban J connectivity index is 1.51. The molecule has 1 aromatic heterocycles. The van der Waals surface area contributed by atoms with Gasteiger partial charge in [-0.25, -0.2) is 0 Å². The van der Waals surface area contributed by atoms with Crippen molar-refractivity contribution in [1.82, 2.24) is 25.1 Å². The van der Waals surface area contributed by atoms with Crippen molar-refractivity contribution in [1.29, 1.82) is 0 Å². The second-order valence-electron chi connectivity index (χ2n) is 7.07. The van der Waals surface area contributed by atoms with Crippen LogP contribution in [0.25, 0.3) is 11.4 Å². The van der Waals surface area contributed by atoms with Crippen LogP contribution in [0.2, 0.25) is 0 Å². The van der Waals surface area contributed by atoms with Gasteiger partial charge in [0.2, 0.25) is 11.7 Å². The Hall–Kier alpha value is -2.24. The Morgan fingerprint density at radius 3 is 2.80 bits per heavy atom. The van der Waals surface area contributed by atoms with Crippen LogP contribution in [0.1, 0.15) is 46.0 Å². The standard InChI is InChI=1S/C19H27N5O/c1-15(2)17-11-6-7-13-23(17)18(25)12-8-14-24-21-19(20-22-24)16-9-4-3-5-10-16/h3-5,9-10,15,17H,6-8,11-14H2,1-2H3. The van der Waals surface area contributed by atoms with Crippen molar-refractivity contribution in [3.8, 4) is 11.4 Å². The van der Waals surface area contributed by atoms with Gasteiger partial charge in [-0.05, 0) is 36.8 Å². The van der Waals surface area contributed by atoms with E-state index in [0.717, 1.165) is 31.4 Å². The number of hydrogen-bond donors (Lipinski definition) is 0. The zero-order valence-electron chi connectivity index (χ0n) is 15.1. The lowest BCUT2D eigenvalue weighted by Crippen LogP contribution is -2.46. The third-order valence-electron chi connectivity index (χ3n) is 4.87. The van der Waals surface area contributed by atoms with Crippen LogP contribution in [0, 0.1) is 5.92 Å². The number of tetrazole rings is 1. The SMILES string of the molecule is CC(C)C1CCCCN1C(=O)CCCn1nnc(-c2ccccc2)n1. The Morgan fingerprint density at radius 2 is 2.04 bits per heavy atom. The summed E-state index contributed by atoms with van der Waals surface area (Å²) < 4.78 is 0. The molecule has 1 unspecified atom stereocenters. The quantitative estimate of drug-likeness (QED) is 0.809. The van der Waals surface area contributed by atoms with E-state index in [1.54, 1.807) is 4.80 Å². The van der Waals surface area contributed by atoms with Crippen LogP contribution in [0.15, 0.2) is 30.3 Å². The predicted octanol–water partition coefficient (Wildman–Crippen LogP) is 3.16. The Bertz CT molecular complexity index is 682. The average Bonchev–Trinajstić information content (AvgIpc) is 3.11. The lowest BCUT2D eigenvalue weighted by molar-refractivity contribution is -0.136. The van der Waals surface area contributed by atoms with E-state index in [1.807, 2.05) is 30.3 Å². The third-order valence-corrected chi connectivity index (χ3v) is 4.87. The monoisotopic (exact) mass is 341 g/mol. The zero-order valence-corrected chi connectivity index (χ0v) is 15.1. The van der Waals surface area contributed by atoms with Gasteiger partial charge in [-0.2, -0.15) is 4.80 Å². The fraction of sp³-hybridized carbons (Fsp3) is 0.579. The molecule has 1 aliphatic rings. The number of carbonyl (C=O) groups is 1. The predicted molar refractivity (Wildman–Crippen MR) is 96.7 cm³/mol. The summed E-state index contributed by atoms with van der Waals surface area (Å²) >= 11 is 0. The van der Waals surface area contributed by atoms with Crippen LogP contribution in [0.3, 0.4) is 0 Å². The van der Waals surface area contributed by atoms with Crippen molar-refractivity contribution in [2.45, 2.75) is 58.5 Å². The Labute approximate surface area is 149 Å². The number of nitrogens with zero attached hydrogens (tertiary/aromatic N) is 5. The van der Waals surface area contributed by atoms with Gasteiger partial charge < -0.3 is 4.90 Å². The minimum Gasteiger partial charge on any atom is -0.339 e. The average molecular weight is 341 g/mol. The molecule has 2 heterocycles. The highest BCUT2D eigenvalue weighted by molar-refractivity contribution is 5.76. The first kappa shape index (κ1) is 17.6. The third kappa shape index (κ3) is 4.44. The summed E-state index contributed by atoms with van der Waals surface area (Å²) in [5, 5.41) is 12.6. The fourth-order valence-corrected chi connectivity index (χ4v) is 3.52. The molecule has 1 aliphatic heterocycles. The fourth-order valence-electron chi connectivity index (χ4n) is 3.52. The number of aromatic nitrogens is 4. The van der Waals surface area contributed by atoms with Crippen LogP contribution in [0.4, 0.5) is 0 Å². The molecular formula is C19H27N5O. The molecule has 0 aliphatic carbocycles. The molecule has 0 spiro atoms. The van der Waals surface area contributed by atoms with Crippen molar-refractivity contribution in [3.05, 3.63) is 30.3 Å². The first-order chi connectivity index (χ1) is 12.1. The molecular weight excluding hydrogens is 314 g/mol. The van der Waals surface area contributed by atoms with Crippen LogP contribution in [-0.4, -0.2) is 43.6 Å². The largest absolute Gasteiger partial charge is 0.339 e. The van der Waals surface area contributed by atoms with E-state index in [1.165, 1.54) is 6.42 Å². The van der Waals surface area contributed by atoms with Gasteiger partial charge in [0.15, 0.2) is 0 Å². The molecule has 0 bridgehead atoms. The normalized spacial score (nSPS) is 17.9. The van der Waals surface area contributed by atoms with Gasteiger partial charge in [-0.15, -0.1) is 10.2 Å². The molecule has 25 heavy (non-hydrogen) atoms.